The van der Waals surface area contributed by atoms with Gasteiger partial charge in [-0.2, -0.15) is 0 Å². The first-order chi connectivity index (χ1) is 9.81. The summed E-state index contributed by atoms with van der Waals surface area (Å²) in [5.74, 6) is -2.09. The van der Waals surface area contributed by atoms with Gasteiger partial charge in [0.05, 0.1) is 5.56 Å². The van der Waals surface area contributed by atoms with Crippen molar-refractivity contribution >= 4 is 5.78 Å². The van der Waals surface area contributed by atoms with Gasteiger partial charge in [0.1, 0.15) is 11.6 Å². The van der Waals surface area contributed by atoms with Crippen LogP contribution in [-0.2, 0) is 6.42 Å². The Morgan fingerprint density at radius 3 is 2.10 bits per heavy atom. The van der Waals surface area contributed by atoms with E-state index in [2.05, 4.69) is 0 Å². The van der Waals surface area contributed by atoms with Crippen molar-refractivity contribution in [2.24, 2.45) is 0 Å². The van der Waals surface area contributed by atoms with Crippen molar-refractivity contribution in [3.05, 3.63) is 69.3 Å². The molecule has 21 heavy (non-hydrogen) atoms. The zero-order valence-electron chi connectivity index (χ0n) is 12.7. The number of rotatable bonds is 3. The van der Waals surface area contributed by atoms with Crippen LogP contribution in [0, 0.1) is 39.3 Å². The van der Waals surface area contributed by atoms with E-state index >= 15 is 0 Å². The lowest BCUT2D eigenvalue weighted by atomic mass is 9.93. The molecule has 0 fully saturated rings. The van der Waals surface area contributed by atoms with Crippen LogP contribution in [0.15, 0.2) is 24.3 Å². The molecular weight excluding hydrogens is 270 g/mol. The summed E-state index contributed by atoms with van der Waals surface area (Å²) in [6, 6.07) is 6.42. The molecule has 2 rings (SSSR count). The fraction of sp³-hybridized carbons (Fsp3) is 0.278. The highest BCUT2D eigenvalue weighted by Crippen LogP contribution is 2.22. The average molecular weight is 288 g/mol. The monoisotopic (exact) mass is 288 g/mol. The molecule has 0 unspecified atom stereocenters. The summed E-state index contributed by atoms with van der Waals surface area (Å²) in [7, 11) is 0. The lowest BCUT2D eigenvalue weighted by Gasteiger charge is -2.12. The molecule has 110 valence electrons. The van der Waals surface area contributed by atoms with Crippen molar-refractivity contribution in [2.45, 2.75) is 34.1 Å². The summed E-state index contributed by atoms with van der Waals surface area (Å²) in [4.78, 5) is 12.3. The van der Waals surface area contributed by atoms with Crippen LogP contribution in [0.3, 0.4) is 0 Å². The molecule has 0 bridgehead atoms. The smallest absolute Gasteiger partial charge is 0.173 e. The van der Waals surface area contributed by atoms with Crippen LogP contribution in [0.2, 0.25) is 0 Å². The van der Waals surface area contributed by atoms with Gasteiger partial charge in [-0.15, -0.1) is 0 Å². The van der Waals surface area contributed by atoms with E-state index in [0.29, 0.717) is 0 Å². The van der Waals surface area contributed by atoms with Crippen molar-refractivity contribution in [1.82, 2.24) is 0 Å². The minimum absolute atomic E-state index is 0.00917. The molecule has 0 aromatic heterocycles. The Hall–Kier alpha value is -2.03. The van der Waals surface area contributed by atoms with E-state index in [1.165, 1.54) is 13.0 Å². The third-order valence-corrected chi connectivity index (χ3v) is 3.74. The number of ketones is 1. The maximum absolute atomic E-state index is 14.0. The third-order valence-electron chi connectivity index (χ3n) is 3.74. The third kappa shape index (κ3) is 3.02. The predicted molar refractivity (Wildman–Crippen MR) is 79.8 cm³/mol. The number of aryl methyl sites for hydroxylation is 4. The zero-order valence-corrected chi connectivity index (χ0v) is 12.7. The maximum Gasteiger partial charge on any atom is 0.173 e. The molecule has 3 heteroatoms. The maximum atomic E-state index is 14.0. The van der Waals surface area contributed by atoms with Crippen LogP contribution in [-0.4, -0.2) is 5.78 Å². The second-order valence-corrected chi connectivity index (χ2v) is 5.53. The Labute approximate surface area is 123 Å². The van der Waals surface area contributed by atoms with Crippen molar-refractivity contribution in [2.75, 3.05) is 0 Å². The summed E-state index contributed by atoms with van der Waals surface area (Å²) in [5, 5.41) is 0. The van der Waals surface area contributed by atoms with Crippen molar-refractivity contribution in [1.29, 1.82) is 0 Å². The van der Waals surface area contributed by atoms with E-state index in [0.717, 1.165) is 28.3 Å². The molecule has 0 aliphatic heterocycles. The highest BCUT2D eigenvalue weighted by molar-refractivity contribution is 5.98. The fourth-order valence-corrected chi connectivity index (χ4v) is 2.65. The van der Waals surface area contributed by atoms with Gasteiger partial charge in [-0.05, 0) is 56.0 Å². The van der Waals surface area contributed by atoms with Gasteiger partial charge in [-0.25, -0.2) is 8.78 Å². The lowest BCUT2D eigenvalue weighted by Crippen LogP contribution is -2.12. The van der Waals surface area contributed by atoms with Gasteiger partial charge in [0, 0.05) is 6.42 Å². The number of hydrogen-bond acceptors (Lipinski definition) is 1. The Balaban J connectivity index is 2.42. The molecule has 2 aromatic carbocycles. The van der Waals surface area contributed by atoms with Gasteiger partial charge < -0.3 is 0 Å². The van der Waals surface area contributed by atoms with E-state index in [9.17, 15) is 13.6 Å². The molecule has 0 radical (unpaired) electrons. The fourth-order valence-electron chi connectivity index (χ4n) is 2.65. The van der Waals surface area contributed by atoms with Gasteiger partial charge in [0.15, 0.2) is 5.78 Å². The molecule has 2 aromatic rings. The summed E-state index contributed by atoms with van der Waals surface area (Å²) < 4.78 is 27.8. The minimum atomic E-state index is -0.800. The molecule has 0 N–H and O–H groups in total. The quantitative estimate of drug-likeness (QED) is 0.753. The van der Waals surface area contributed by atoms with Crippen LogP contribution in [0.25, 0.3) is 0 Å². The van der Waals surface area contributed by atoms with Crippen LogP contribution in [0.1, 0.15) is 38.2 Å². The standard InChI is InChI=1S/C18H18F2O/c1-10-7-12(3)14(13(4)8-10)9-16(21)17-15(19)6-5-11(2)18(17)20/h5-8H,9H2,1-4H3. The first kappa shape index (κ1) is 15.4. The van der Waals surface area contributed by atoms with Gasteiger partial charge >= 0.3 is 0 Å². The normalized spacial score (nSPS) is 10.8. The Morgan fingerprint density at radius 1 is 0.952 bits per heavy atom. The van der Waals surface area contributed by atoms with E-state index in [4.69, 9.17) is 0 Å². The van der Waals surface area contributed by atoms with Crippen LogP contribution in [0.5, 0.6) is 0 Å². The largest absolute Gasteiger partial charge is 0.294 e. The summed E-state index contributed by atoms with van der Waals surface area (Å²) in [6.45, 7) is 7.32. The number of carbonyl (C=O) groups is 1. The highest BCUT2D eigenvalue weighted by Gasteiger charge is 2.20. The minimum Gasteiger partial charge on any atom is -0.294 e. The molecular formula is C18H18F2O. The van der Waals surface area contributed by atoms with Crippen molar-refractivity contribution < 1.29 is 13.6 Å². The number of benzene rings is 2. The van der Waals surface area contributed by atoms with Crippen molar-refractivity contribution in [3.8, 4) is 0 Å². The second-order valence-electron chi connectivity index (χ2n) is 5.53. The Morgan fingerprint density at radius 2 is 1.52 bits per heavy atom. The van der Waals surface area contributed by atoms with Gasteiger partial charge in [-0.3, -0.25) is 4.79 Å². The molecule has 0 saturated heterocycles. The van der Waals surface area contributed by atoms with Gasteiger partial charge in [0.25, 0.3) is 0 Å². The van der Waals surface area contributed by atoms with E-state index in [1.54, 1.807) is 0 Å². The molecule has 0 amide bonds. The van der Waals surface area contributed by atoms with Gasteiger partial charge in [-0.1, -0.05) is 23.8 Å². The molecule has 0 spiro atoms. The predicted octanol–water partition coefficient (Wildman–Crippen LogP) is 4.62. The number of carbonyl (C=O) groups excluding carboxylic acids is 1. The summed E-state index contributed by atoms with van der Waals surface area (Å²) in [5.41, 5.74) is 3.72. The molecule has 1 nitrogen and oxygen atoms in total. The van der Waals surface area contributed by atoms with Crippen LogP contribution < -0.4 is 0 Å². The summed E-state index contributed by atoms with van der Waals surface area (Å²) >= 11 is 0. The second kappa shape index (κ2) is 5.76. The van der Waals surface area contributed by atoms with E-state index in [-0.39, 0.29) is 12.0 Å². The first-order valence-electron chi connectivity index (χ1n) is 6.85. The van der Waals surface area contributed by atoms with E-state index in [1.807, 2.05) is 32.9 Å². The van der Waals surface area contributed by atoms with Gasteiger partial charge in [0.2, 0.25) is 0 Å². The SMILES string of the molecule is Cc1cc(C)c(CC(=O)c2c(F)ccc(C)c2F)c(C)c1. The highest BCUT2D eigenvalue weighted by atomic mass is 19.1. The topological polar surface area (TPSA) is 17.1 Å². The average Bonchev–Trinajstić information content (AvgIpc) is 2.38. The first-order valence-corrected chi connectivity index (χ1v) is 6.85. The number of Topliss-reactive ketones (excluding diaryl/α,β-unsaturated/α-hetero) is 1. The number of hydrogen-bond donors (Lipinski definition) is 0. The lowest BCUT2D eigenvalue weighted by molar-refractivity contribution is 0.0984. The Kier molecular flexibility index (Phi) is 4.21. The molecule has 0 aliphatic carbocycles. The Bertz CT molecular complexity index is 694. The number of halogens is 2. The van der Waals surface area contributed by atoms with Crippen LogP contribution in [0.4, 0.5) is 8.78 Å². The molecule has 0 atom stereocenters. The molecule has 0 heterocycles. The van der Waals surface area contributed by atoms with Crippen molar-refractivity contribution in [3.63, 3.8) is 0 Å². The molecule has 0 saturated carbocycles. The summed E-state index contributed by atoms with van der Waals surface area (Å²) in [6.07, 6.45) is 0.00917. The zero-order chi connectivity index (χ0) is 15.7. The molecule has 0 aliphatic rings. The van der Waals surface area contributed by atoms with Crippen LogP contribution >= 0.6 is 0 Å². The van der Waals surface area contributed by atoms with E-state index < -0.39 is 23.0 Å².